The van der Waals surface area contributed by atoms with Gasteiger partial charge in [-0.05, 0) is 72.4 Å². The van der Waals surface area contributed by atoms with Gasteiger partial charge in [-0.1, -0.05) is 60.2 Å². The van der Waals surface area contributed by atoms with Crippen molar-refractivity contribution in [1.82, 2.24) is 0 Å². The van der Waals surface area contributed by atoms with E-state index < -0.39 is 11.7 Å². The molecule has 0 aliphatic rings. The molecule has 0 bridgehead atoms. The third-order valence-electron chi connectivity index (χ3n) is 4.58. The van der Waals surface area contributed by atoms with E-state index in [0.717, 1.165) is 45.5 Å². The van der Waals surface area contributed by atoms with Crippen molar-refractivity contribution in [3.05, 3.63) is 106 Å². The van der Waals surface area contributed by atoms with Crippen LogP contribution >= 0.6 is 0 Å². The van der Waals surface area contributed by atoms with Gasteiger partial charge in [0, 0.05) is 0 Å². The van der Waals surface area contributed by atoms with Crippen LogP contribution in [0.3, 0.4) is 0 Å². The zero-order valence-corrected chi connectivity index (χ0v) is 15.6. The van der Waals surface area contributed by atoms with Gasteiger partial charge in [0.2, 0.25) is 0 Å². The summed E-state index contributed by atoms with van der Waals surface area (Å²) in [5.41, 5.74) is 6.74. The number of hydrogen-bond donors (Lipinski definition) is 0. The number of alkyl halides is 3. The van der Waals surface area contributed by atoms with E-state index in [0.29, 0.717) is 0 Å². The fraction of sp³-hybridized carbons (Fsp3) is 0.167. The van der Waals surface area contributed by atoms with Crippen molar-refractivity contribution in [2.75, 3.05) is 0 Å². The Balaban J connectivity index is 2.16. The smallest absolute Gasteiger partial charge is 0.166 e. The molecule has 138 valence electrons. The van der Waals surface area contributed by atoms with Crippen LogP contribution in [0.1, 0.15) is 38.9 Å². The molecule has 0 aliphatic heterocycles. The average Bonchev–Trinajstić information content (AvgIpc) is 2.60. The van der Waals surface area contributed by atoms with Gasteiger partial charge in [0.05, 0.1) is 5.56 Å². The predicted octanol–water partition coefficient (Wildman–Crippen LogP) is 7.22. The van der Waals surface area contributed by atoms with Gasteiger partial charge in [-0.2, -0.15) is 13.2 Å². The maximum Gasteiger partial charge on any atom is 0.416 e. The van der Waals surface area contributed by atoms with Crippen LogP contribution in [-0.2, 0) is 6.18 Å². The van der Waals surface area contributed by atoms with Crippen molar-refractivity contribution < 1.29 is 13.2 Å². The summed E-state index contributed by atoms with van der Waals surface area (Å²) in [6.07, 6.45) is -2.37. The fourth-order valence-corrected chi connectivity index (χ4v) is 3.46. The van der Waals surface area contributed by atoms with Crippen LogP contribution in [-0.4, -0.2) is 0 Å². The van der Waals surface area contributed by atoms with E-state index in [9.17, 15) is 13.2 Å². The number of rotatable bonds is 3. The summed E-state index contributed by atoms with van der Waals surface area (Å²) in [6.45, 7) is 6.20. The minimum atomic E-state index is -4.32. The number of aryl methyl sites for hydroxylation is 3. The first-order valence-corrected chi connectivity index (χ1v) is 8.78. The fourth-order valence-electron chi connectivity index (χ4n) is 3.46. The monoisotopic (exact) mass is 366 g/mol. The van der Waals surface area contributed by atoms with Crippen LogP contribution in [0.2, 0.25) is 0 Å². The molecule has 3 heteroatoms. The molecule has 0 saturated carbocycles. The van der Waals surface area contributed by atoms with Crippen LogP contribution in [0.4, 0.5) is 13.2 Å². The first kappa shape index (κ1) is 19.0. The maximum atomic E-state index is 12.8. The van der Waals surface area contributed by atoms with E-state index in [4.69, 9.17) is 0 Å². The number of halogens is 3. The Kier molecular flexibility index (Phi) is 5.22. The molecule has 3 aromatic rings. The molecule has 3 aromatic carbocycles. The molecule has 0 nitrogen and oxygen atoms in total. The van der Waals surface area contributed by atoms with Gasteiger partial charge >= 0.3 is 6.18 Å². The Morgan fingerprint density at radius 2 is 1.33 bits per heavy atom. The van der Waals surface area contributed by atoms with Gasteiger partial charge in [0.15, 0.2) is 0 Å². The second-order valence-corrected chi connectivity index (χ2v) is 6.82. The maximum absolute atomic E-state index is 12.8. The van der Waals surface area contributed by atoms with E-state index >= 15 is 0 Å². The Hall–Kier alpha value is -2.81. The van der Waals surface area contributed by atoms with Crippen LogP contribution in [0.5, 0.6) is 0 Å². The van der Waals surface area contributed by atoms with E-state index in [-0.39, 0.29) is 0 Å². The third-order valence-corrected chi connectivity index (χ3v) is 4.58. The summed E-state index contributed by atoms with van der Waals surface area (Å²) in [5, 5.41) is 0. The molecule has 0 aromatic heterocycles. The molecule has 0 amide bonds. The van der Waals surface area contributed by atoms with Crippen molar-refractivity contribution in [1.29, 1.82) is 0 Å². The SMILES string of the molecule is Cc1cc(C)c(/C(=C\c2ccc(C(F)(F)F)cc2)c2ccccc2)c(C)c1. The Morgan fingerprint density at radius 3 is 1.85 bits per heavy atom. The van der Waals surface area contributed by atoms with Gasteiger partial charge in [-0.25, -0.2) is 0 Å². The van der Waals surface area contributed by atoms with Crippen LogP contribution in [0, 0.1) is 20.8 Å². The highest BCUT2D eigenvalue weighted by atomic mass is 19.4. The molecule has 0 heterocycles. The summed E-state index contributed by atoms with van der Waals surface area (Å²) in [4.78, 5) is 0. The predicted molar refractivity (Wildman–Crippen MR) is 106 cm³/mol. The highest BCUT2D eigenvalue weighted by Gasteiger charge is 2.29. The second-order valence-electron chi connectivity index (χ2n) is 6.82. The van der Waals surface area contributed by atoms with Crippen LogP contribution in [0.15, 0.2) is 66.7 Å². The van der Waals surface area contributed by atoms with Crippen molar-refractivity contribution in [2.45, 2.75) is 26.9 Å². The standard InChI is InChI=1S/C24H21F3/c1-16-13-17(2)23(18(3)14-16)22(20-7-5-4-6-8-20)15-19-9-11-21(12-10-19)24(25,26)27/h4-15H,1-3H3/b22-15-. The van der Waals surface area contributed by atoms with E-state index in [2.05, 4.69) is 32.9 Å². The van der Waals surface area contributed by atoms with Crippen molar-refractivity contribution in [3.63, 3.8) is 0 Å². The quantitative estimate of drug-likeness (QED) is 0.429. The first-order valence-electron chi connectivity index (χ1n) is 8.78. The molecular weight excluding hydrogens is 345 g/mol. The van der Waals surface area contributed by atoms with Gasteiger partial charge in [-0.15, -0.1) is 0 Å². The molecule has 0 unspecified atom stereocenters. The summed E-state index contributed by atoms with van der Waals surface area (Å²) < 4.78 is 38.5. The molecule has 3 rings (SSSR count). The second kappa shape index (κ2) is 7.43. The van der Waals surface area contributed by atoms with E-state index in [1.807, 2.05) is 36.4 Å². The lowest BCUT2D eigenvalue weighted by Crippen LogP contribution is -2.04. The van der Waals surface area contributed by atoms with E-state index in [1.165, 1.54) is 17.7 Å². The highest BCUT2D eigenvalue weighted by Crippen LogP contribution is 2.33. The normalized spacial score (nSPS) is 12.3. The lowest BCUT2D eigenvalue weighted by molar-refractivity contribution is -0.137. The molecule has 0 aliphatic carbocycles. The molecule has 0 radical (unpaired) electrons. The summed E-state index contributed by atoms with van der Waals surface area (Å²) in [7, 11) is 0. The number of hydrogen-bond acceptors (Lipinski definition) is 0. The van der Waals surface area contributed by atoms with Crippen molar-refractivity contribution >= 4 is 11.6 Å². The molecule has 0 atom stereocenters. The Morgan fingerprint density at radius 1 is 0.778 bits per heavy atom. The third kappa shape index (κ3) is 4.30. The summed E-state index contributed by atoms with van der Waals surface area (Å²) in [5.74, 6) is 0. The summed E-state index contributed by atoms with van der Waals surface area (Å²) in [6, 6.07) is 19.5. The molecular formula is C24H21F3. The Bertz CT molecular complexity index is 940. The number of benzene rings is 3. The van der Waals surface area contributed by atoms with Crippen molar-refractivity contribution in [2.24, 2.45) is 0 Å². The van der Waals surface area contributed by atoms with Gasteiger partial charge in [-0.3, -0.25) is 0 Å². The minimum Gasteiger partial charge on any atom is -0.166 e. The first-order chi connectivity index (χ1) is 12.8. The zero-order valence-electron chi connectivity index (χ0n) is 15.6. The average molecular weight is 366 g/mol. The van der Waals surface area contributed by atoms with Gasteiger partial charge in [0.25, 0.3) is 0 Å². The van der Waals surface area contributed by atoms with Crippen molar-refractivity contribution in [3.8, 4) is 0 Å². The molecule has 27 heavy (non-hydrogen) atoms. The topological polar surface area (TPSA) is 0 Å². The zero-order chi connectivity index (χ0) is 19.6. The van der Waals surface area contributed by atoms with Crippen LogP contribution in [0.25, 0.3) is 11.6 Å². The lowest BCUT2D eigenvalue weighted by Gasteiger charge is -2.16. The Labute approximate surface area is 158 Å². The largest absolute Gasteiger partial charge is 0.416 e. The molecule has 0 saturated heterocycles. The molecule has 0 fully saturated rings. The summed E-state index contributed by atoms with van der Waals surface area (Å²) >= 11 is 0. The lowest BCUT2D eigenvalue weighted by atomic mass is 9.88. The van der Waals surface area contributed by atoms with Gasteiger partial charge in [0.1, 0.15) is 0 Å². The van der Waals surface area contributed by atoms with Crippen LogP contribution < -0.4 is 0 Å². The highest BCUT2D eigenvalue weighted by molar-refractivity contribution is 5.93. The molecule has 0 spiro atoms. The minimum absolute atomic E-state index is 0.636. The van der Waals surface area contributed by atoms with Gasteiger partial charge < -0.3 is 0 Å². The van der Waals surface area contributed by atoms with E-state index in [1.54, 1.807) is 0 Å². The molecule has 0 N–H and O–H groups in total.